The molecule has 1 atom stereocenters. The van der Waals surface area contributed by atoms with Crippen molar-refractivity contribution < 1.29 is 18.7 Å². The molecule has 8 heteroatoms. The third kappa shape index (κ3) is 4.91. The Hall–Kier alpha value is -3.83. The number of carbonyl (C=O) groups excluding carboxylic acids is 1. The summed E-state index contributed by atoms with van der Waals surface area (Å²) < 4.78 is 17.5. The van der Waals surface area contributed by atoms with Gasteiger partial charge >= 0.3 is 5.97 Å². The first kappa shape index (κ1) is 19.9. The second-order valence-corrected chi connectivity index (χ2v) is 7.32. The number of nitro benzene ring substituents is 1. The second-order valence-electron chi connectivity index (χ2n) is 5.90. The fourth-order valence-corrected chi connectivity index (χ4v) is 3.63. The highest BCUT2D eigenvalue weighted by molar-refractivity contribution is 7.85. The molecule has 0 spiro atoms. The van der Waals surface area contributed by atoms with E-state index in [1.165, 1.54) is 24.3 Å². The number of benzene rings is 3. The number of hydrogen-bond acceptors (Lipinski definition) is 6. The van der Waals surface area contributed by atoms with E-state index in [4.69, 9.17) is 10.00 Å². The molecule has 0 radical (unpaired) electrons. The van der Waals surface area contributed by atoms with Crippen LogP contribution >= 0.6 is 0 Å². The highest BCUT2D eigenvalue weighted by atomic mass is 32.2. The van der Waals surface area contributed by atoms with E-state index in [0.717, 1.165) is 11.1 Å². The zero-order valence-corrected chi connectivity index (χ0v) is 15.8. The monoisotopic (exact) mass is 406 g/mol. The topological polar surface area (TPSA) is 110 Å². The first-order chi connectivity index (χ1) is 14.0. The molecular weight excluding hydrogens is 392 g/mol. The van der Waals surface area contributed by atoms with Crippen LogP contribution in [0.5, 0.6) is 5.75 Å². The first-order valence-electron chi connectivity index (χ1n) is 8.41. The summed E-state index contributed by atoms with van der Waals surface area (Å²) in [6, 6.07) is 21.4. The lowest BCUT2D eigenvalue weighted by atomic mass is 10.0. The molecule has 0 aliphatic rings. The normalized spacial score (nSPS) is 11.3. The molecule has 0 fully saturated rings. The van der Waals surface area contributed by atoms with E-state index >= 15 is 0 Å². The molecule has 7 nitrogen and oxygen atoms in total. The Balaban J connectivity index is 1.66. The third-order valence-corrected chi connectivity index (χ3v) is 5.32. The van der Waals surface area contributed by atoms with Gasteiger partial charge in [0.1, 0.15) is 16.4 Å². The largest absolute Gasteiger partial charge is 0.426 e. The predicted molar refractivity (Wildman–Crippen MR) is 107 cm³/mol. The number of nitrogens with zero attached hydrogens (tertiary/aromatic N) is 2. The number of para-hydroxylation sites is 1. The van der Waals surface area contributed by atoms with Crippen molar-refractivity contribution in [2.45, 2.75) is 4.90 Å². The molecule has 0 saturated carbocycles. The molecule has 3 aromatic carbocycles. The van der Waals surface area contributed by atoms with Gasteiger partial charge in [0.15, 0.2) is 0 Å². The molecule has 0 N–H and O–H groups in total. The summed E-state index contributed by atoms with van der Waals surface area (Å²) in [5.74, 6) is -0.984. The van der Waals surface area contributed by atoms with Crippen LogP contribution in [0, 0.1) is 21.4 Å². The van der Waals surface area contributed by atoms with E-state index in [-0.39, 0.29) is 16.3 Å². The van der Waals surface area contributed by atoms with Gasteiger partial charge < -0.3 is 4.74 Å². The van der Waals surface area contributed by atoms with Crippen LogP contribution in [0.2, 0.25) is 0 Å². The molecule has 0 saturated heterocycles. The molecule has 0 bridgehead atoms. The summed E-state index contributed by atoms with van der Waals surface area (Å²) in [6.07, 6.45) is 0. The van der Waals surface area contributed by atoms with E-state index < -0.39 is 27.4 Å². The van der Waals surface area contributed by atoms with Crippen LogP contribution in [-0.4, -0.2) is 20.9 Å². The molecule has 0 aliphatic carbocycles. The van der Waals surface area contributed by atoms with Gasteiger partial charge in [0, 0.05) is 6.07 Å². The van der Waals surface area contributed by atoms with Gasteiger partial charge in [0.25, 0.3) is 5.69 Å². The van der Waals surface area contributed by atoms with Crippen molar-refractivity contribution in [3.63, 3.8) is 0 Å². The number of nitriles is 1. The molecule has 1 unspecified atom stereocenters. The zero-order valence-electron chi connectivity index (χ0n) is 15.0. The molecule has 0 aromatic heterocycles. The summed E-state index contributed by atoms with van der Waals surface area (Å²) in [4.78, 5) is 22.5. The Bertz CT molecular complexity index is 1120. The first-order valence-corrected chi connectivity index (χ1v) is 9.73. The molecule has 144 valence electrons. The molecule has 3 rings (SSSR count). The highest BCUT2D eigenvalue weighted by Crippen LogP contribution is 2.24. The summed E-state index contributed by atoms with van der Waals surface area (Å²) >= 11 is 0. The van der Waals surface area contributed by atoms with Crippen LogP contribution in [0.1, 0.15) is 5.56 Å². The smallest absolute Gasteiger partial charge is 0.324 e. The number of ether oxygens (including phenoxy) is 1. The van der Waals surface area contributed by atoms with Crippen molar-refractivity contribution in [3.8, 4) is 22.9 Å². The molecule has 3 aromatic rings. The minimum Gasteiger partial charge on any atom is -0.426 e. The van der Waals surface area contributed by atoms with E-state index in [1.54, 1.807) is 36.4 Å². The molecule has 0 heterocycles. The van der Waals surface area contributed by atoms with E-state index in [2.05, 4.69) is 6.07 Å². The summed E-state index contributed by atoms with van der Waals surface area (Å²) in [5.41, 5.74) is 2.04. The Kier molecular flexibility index (Phi) is 6.12. The number of nitro groups is 1. The van der Waals surface area contributed by atoms with Crippen molar-refractivity contribution in [1.82, 2.24) is 0 Å². The molecule has 29 heavy (non-hydrogen) atoms. The van der Waals surface area contributed by atoms with Crippen molar-refractivity contribution in [2.24, 2.45) is 0 Å². The number of rotatable bonds is 6. The SMILES string of the molecule is N#Cc1ccc(-c2ccc(OC(=O)CS(=O)c3ccccc3[N+](=O)[O-])cc2)cc1. The Morgan fingerprint density at radius 2 is 1.59 bits per heavy atom. The Labute approximate surface area is 168 Å². The second kappa shape index (κ2) is 8.91. The van der Waals surface area contributed by atoms with Crippen LogP contribution in [0.4, 0.5) is 5.69 Å². The Morgan fingerprint density at radius 3 is 2.17 bits per heavy atom. The van der Waals surface area contributed by atoms with Crippen molar-refractivity contribution in [3.05, 3.63) is 88.5 Å². The summed E-state index contributed by atoms with van der Waals surface area (Å²) in [6.45, 7) is 0. The van der Waals surface area contributed by atoms with Crippen molar-refractivity contribution >= 4 is 22.5 Å². The van der Waals surface area contributed by atoms with Crippen LogP contribution in [0.3, 0.4) is 0 Å². The number of carbonyl (C=O) groups is 1. The average Bonchev–Trinajstić information content (AvgIpc) is 2.74. The maximum absolute atomic E-state index is 12.3. The van der Waals surface area contributed by atoms with Gasteiger partial charge in [0.2, 0.25) is 0 Å². The molecule has 0 aliphatic heterocycles. The predicted octanol–water partition coefficient (Wildman–Crippen LogP) is 3.85. The van der Waals surface area contributed by atoms with E-state index in [0.29, 0.717) is 5.56 Å². The van der Waals surface area contributed by atoms with Crippen LogP contribution in [0.25, 0.3) is 11.1 Å². The summed E-state index contributed by atoms with van der Waals surface area (Å²) in [5, 5.41) is 19.9. The van der Waals surface area contributed by atoms with Crippen molar-refractivity contribution in [2.75, 3.05) is 5.75 Å². The van der Waals surface area contributed by atoms with Gasteiger partial charge in [-0.2, -0.15) is 5.26 Å². The van der Waals surface area contributed by atoms with Crippen LogP contribution in [-0.2, 0) is 15.6 Å². The number of hydrogen-bond donors (Lipinski definition) is 0. The van der Waals surface area contributed by atoms with Gasteiger partial charge in [-0.15, -0.1) is 0 Å². The van der Waals surface area contributed by atoms with Crippen LogP contribution < -0.4 is 4.74 Å². The lowest BCUT2D eigenvalue weighted by Gasteiger charge is -2.07. The summed E-state index contributed by atoms with van der Waals surface area (Å²) in [7, 11) is -1.90. The minimum atomic E-state index is -1.90. The standard InChI is InChI=1S/C21H14N2O5S/c22-13-15-5-7-16(8-6-15)17-9-11-18(12-10-17)28-21(24)14-29(27)20-4-2-1-3-19(20)23(25)26/h1-12H,14H2. The number of esters is 1. The highest BCUT2D eigenvalue weighted by Gasteiger charge is 2.21. The van der Waals surface area contributed by atoms with Crippen molar-refractivity contribution in [1.29, 1.82) is 5.26 Å². The van der Waals surface area contributed by atoms with Gasteiger partial charge in [-0.1, -0.05) is 36.4 Å². The molecular formula is C21H14N2O5S. The maximum Gasteiger partial charge on any atom is 0.324 e. The van der Waals surface area contributed by atoms with Gasteiger partial charge in [-0.05, 0) is 41.5 Å². The van der Waals surface area contributed by atoms with Crippen LogP contribution in [0.15, 0.2) is 77.7 Å². The van der Waals surface area contributed by atoms with E-state index in [1.807, 2.05) is 12.1 Å². The zero-order chi connectivity index (χ0) is 20.8. The minimum absolute atomic E-state index is 0.0226. The van der Waals surface area contributed by atoms with Gasteiger partial charge in [-0.3, -0.25) is 19.1 Å². The maximum atomic E-state index is 12.3. The lowest BCUT2D eigenvalue weighted by Crippen LogP contribution is -2.17. The Morgan fingerprint density at radius 1 is 1.00 bits per heavy atom. The fraction of sp³-hybridized carbons (Fsp3) is 0.0476. The fourth-order valence-electron chi connectivity index (χ4n) is 2.60. The van der Waals surface area contributed by atoms with Gasteiger partial charge in [-0.25, -0.2) is 0 Å². The average molecular weight is 406 g/mol. The quantitative estimate of drug-likeness (QED) is 0.266. The molecule has 0 amide bonds. The van der Waals surface area contributed by atoms with E-state index in [9.17, 15) is 19.1 Å². The third-order valence-electron chi connectivity index (χ3n) is 3.99. The lowest BCUT2D eigenvalue weighted by molar-refractivity contribution is -0.387. The van der Waals surface area contributed by atoms with Gasteiger partial charge in [0.05, 0.1) is 27.4 Å².